The molecule has 1 aromatic carbocycles. The van der Waals surface area contributed by atoms with Gasteiger partial charge in [-0.3, -0.25) is 0 Å². The van der Waals surface area contributed by atoms with E-state index >= 15 is 0 Å². The fourth-order valence-electron chi connectivity index (χ4n) is 1.05. The molecule has 1 aromatic rings. The lowest BCUT2D eigenvalue weighted by molar-refractivity contribution is -0.0107. The van der Waals surface area contributed by atoms with Crippen LogP contribution in [0.15, 0.2) is 18.2 Å². The molecule has 5 heteroatoms. The van der Waals surface area contributed by atoms with Crippen molar-refractivity contribution in [2.45, 2.75) is 12.3 Å². The molecule has 0 aromatic heterocycles. The third-order valence-corrected chi connectivity index (χ3v) is 2.54. The molecule has 0 aliphatic heterocycles. The summed E-state index contributed by atoms with van der Waals surface area (Å²) in [6.45, 7) is -0.0761. The van der Waals surface area contributed by atoms with E-state index in [-0.39, 0.29) is 22.2 Å². The highest BCUT2D eigenvalue weighted by Gasteiger charge is 2.30. The minimum atomic E-state index is -2.94. The normalized spacial score (nSPS) is 11.8. The molecule has 1 rings (SSSR count). The first kappa shape index (κ1) is 11.7. The van der Waals surface area contributed by atoms with Crippen LogP contribution in [0.5, 0.6) is 0 Å². The second-order valence-electron chi connectivity index (χ2n) is 2.87. The van der Waals surface area contributed by atoms with Crippen LogP contribution in [-0.2, 0) is 5.92 Å². The maximum atomic E-state index is 13.3. The summed E-state index contributed by atoms with van der Waals surface area (Å²) in [4.78, 5) is 0. The Morgan fingerprint density at radius 1 is 1.21 bits per heavy atom. The van der Waals surface area contributed by atoms with E-state index in [2.05, 4.69) is 0 Å². The van der Waals surface area contributed by atoms with E-state index in [0.717, 1.165) is 0 Å². The van der Waals surface area contributed by atoms with Gasteiger partial charge >= 0.3 is 0 Å². The molecule has 0 spiro atoms. The number of benzene rings is 1. The highest BCUT2D eigenvalue weighted by molar-refractivity contribution is 6.42. The Bertz CT molecular complexity index is 329. The van der Waals surface area contributed by atoms with Crippen LogP contribution in [0, 0.1) is 0 Å². The Morgan fingerprint density at radius 3 is 2.36 bits per heavy atom. The zero-order valence-electron chi connectivity index (χ0n) is 7.24. The van der Waals surface area contributed by atoms with Gasteiger partial charge in [0, 0.05) is 12.0 Å². The van der Waals surface area contributed by atoms with E-state index in [9.17, 15) is 8.78 Å². The Balaban J connectivity index is 3.01. The first-order chi connectivity index (χ1) is 6.47. The van der Waals surface area contributed by atoms with Crippen molar-refractivity contribution in [2.75, 3.05) is 6.54 Å². The van der Waals surface area contributed by atoms with Crippen LogP contribution in [0.4, 0.5) is 8.78 Å². The van der Waals surface area contributed by atoms with Crippen LogP contribution >= 0.6 is 23.2 Å². The highest BCUT2D eigenvalue weighted by Crippen LogP contribution is 2.34. The van der Waals surface area contributed by atoms with Gasteiger partial charge in [0.15, 0.2) is 0 Å². The molecule has 0 saturated heterocycles. The predicted molar refractivity (Wildman–Crippen MR) is 54.0 cm³/mol. The molecule has 0 aliphatic rings. The fraction of sp³-hybridized carbons (Fsp3) is 0.333. The maximum Gasteiger partial charge on any atom is 0.274 e. The molecule has 0 aliphatic carbocycles. The van der Waals surface area contributed by atoms with E-state index in [4.69, 9.17) is 28.9 Å². The third kappa shape index (κ3) is 2.56. The summed E-state index contributed by atoms with van der Waals surface area (Å²) in [5, 5.41) is 0.389. The average molecular weight is 240 g/mol. The van der Waals surface area contributed by atoms with Gasteiger partial charge in [0.1, 0.15) is 0 Å². The van der Waals surface area contributed by atoms with Gasteiger partial charge in [-0.15, -0.1) is 0 Å². The van der Waals surface area contributed by atoms with Gasteiger partial charge in [0.2, 0.25) is 0 Å². The molecule has 0 saturated carbocycles. The molecule has 1 nitrogen and oxygen atoms in total. The number of hydrogen-bond acceptors (Lipinski definition) is 1. The summed E-state index contributed by atoms with van der Waals surface area (Å²) < 4.78 is 26.6. The second kappa shape index (κ2) is 4.43. The third-order valence-electron chi connectivity index (χ3n) is 1.80. The molecule has 0 radical (unpaired) electrons. The van der Waals surface area contributed by atoms with Crippen LogP contribution in [0.1, 0.15) is 12.0 Å². The number of nitrogens with two attached hydrogens (primary N) is 1. The Morgan fingerprint density at radius 2 is 1.86 bits per heavy atom. The van der Waals surface area contributed by atoms with E-state index < -0.39 is 12.3 Å². The summed E-state index contributed by atoms with van der Waals surface area (Å²) in [5.41, 5.74) is 4.93. The van der Waals surface area contributed by atoms with E-state index in [1.165, 1.54) is 18.2 Å². The monoisotopic (exact) mass is 239 g/mol. The van der Waals surface area contributed by atoms with Gasteiger partial charge in [0.25, 0.3) is 5.92 Å². The first-order valence-electron chi connectivity index (χ1n) is 4.01. The van der Waals surface area contributed by atoms with Gasteiger partial charge in [-0.2, -0.15) is 0 Å². The molecular weight excluding hydrogens is 231 g/mol. The molecule has 14 heavy (non-hydrogen) atoms. The zero-order valence-corrected chi connectivity index (χ0v) is 8.75. The number of hydrogen-bond donors (Lipinski definition) is 1. The van der Waals surface area contributed by atoms with Crippen molar-refractivity contribution in [3.63, 3.8) is 0 Å². The molecule has 0 unspecified atom stereocenters. The van der Waals surface area contributed by atoms with Crippen LogP contribution in [0.3, 0.4) is 0 Å². The van der Waals surface area contributed by atoms with E-state index in [1.807, 2.05) is 0 Å². The van der Waals surface area contributed by atoms with Gasteiger partial charge in [0.05, 0.1) is 10.0 Å². The maximum absolute atomic E-state index is 13.3. The Labute approximate surface area is 90.8 Å². The zero-order chi connectivity index (χ0) is 10.8. The van der Waals surface area contributed by atoms with Crippen molar-refractivity contribution in [3.05, 3.63) is 33.8 Å². The lowest BCUT2D eigenvalue weighted by Crippen LogP contribution is -2.18. The van der Waals surface area contributed by atoms with Crippen molar-refractivity contribution >= 4 is 23.2 Å². The molecule has 0 heterocycles. The van der Waals surface area contributed by atoms with Gasteiger partial charge < -0.3 is 5.73 Å². The van der Waals surface area contributed by atoms with Crippen molar-refractivity contribution < 1.29 is 8.78 Å². The summed E-state index contributed by atoms with van der Waals surface area (Å²) in [7, 11) is 0. The average Bonchev–Trinajstić information content (AvgIpc) is 2.09. The molecule has 2 N–H and O–H groups in total. The first-order valence-corrected chi connectivity index (χ1v) is 4.76. The molecular formula is C9H9Cl2F2N. The standard InChI is InChI=1S/C9H9Cl2F2N/c10-7-2-1-6(5-8(7)11)9(12,13)3-4-14/h1-2,5H,3-4,14H2. The molecule has 0 amide bonds. The molecule has 0 fully saturated rings. The van der Waals surface area contributed by atoms with Crippen molar-refractivity contribution in [1.29, 1.82) is 0 Å². The van der Waals surface area contributed by atoms with Gasteiger partial charge in [-0.05, 0) is 18.7 Å². The lowest BCUT2D eigenvalue weighted by Gasteiger charge is -2.15. The fourth-order valence-corrected chi connectivity index (χ4v) is 1.35. The van der Waals surface area contributed by atoms with Crippen LogP contribution in [0.25, 0.3) is 0 Å². The van der Waals surface area contributed by atoms with Crippen LogP contribution in [-0.4, -0.2) is 6.54 Å². The topological polar surface area (TPSA) is 26.0 Å². The Hall–Kier alpha value is -0.380. The van der Waals surface area contributed by atoms with Crippen molar-refractivity contribution in [3.8, 4) is 0 Å². The summed E-state index contributed by atoms with van der Waals surface area (Å²) >= 11 is 11.2. The van der Waals surface area contributed by atoms with Gasteiger partial charge in [-0.1, -0.05) is 29.3 Å². The number of halogens is 4. The summed E-state index contributed by atoms with van der Waals surface area (Å²) in [5.74, 6) is -2.94. The predicted octanol–water partition coefficient (Wildman–Crippen LogP) is 3.43. The largest absolute Gasteiger partial charge is 0.330 e. The lowest BCUT2D eigenvalue weighted by atomic mass is 10.1. The number of rotatable bonds is 3. The van der Waals surface area contributed by atoms with Gasteiger partial charge in [-0.25, -0.2) is 8.78 Å². The minimum absolute atomic E-state index is 0.0761. The quantitative estimate of drug-likeness (QED) is 0.860. The smallest absolute Gasteiger partial charge is 0.274 e. The molecule has 0 bridgehead atoms. The number of alkyl halides is 2. The van der Waals surface area contributed by atoms with Crippen LogP contribution in [0.2, 0.25) is 10.0 Å². The molecule has 78 valence electrons. The van der Waals surface area contributed by atoms with E-state index in [0.29, 0.717) is 0 Å². The summed E-state index contributed by atoms with van der Waals surface area (Å²) in [6.07, 6.45) is -0.398. The minimum Gasteiger partial charge on any atom is -0.330 e. The second-order valence-corrected chi connectivity index (χ2v) is 3.69. The van der Waals surface area contributed by atoms with Crippen LogP contribution < -0.4 is 5.73 Å². The van der Waals surface area contributed by atoms with Crippen molar-refractivity contribution in [1.82, 2.24) is 0 Å². The molecule has 0 atom stereocenters. The highest BCUT2D eigenvalue weighted by atomic mass is 35.5. The Kier molecular flexibility index (Phi) is 3.70. The van der Waals surface area contributed by atoms with E-state index in [1.54, 1.807) is 0 Å². The SMILES string of the molecule is NCCC(F)(F)c1ccc(Cl)c(Cl)c1. The summed E-state index contributed by atoms with van der Waals surface area (Å²) in [6, 6.07) is 3.77. The van der Waals surface area contributed by atoms with Crippen molar-refractivity contribution in [2.24, 2.45) is 5.73 Å².